The molecule has 0 unspecified atom stereocenters. The normalized spacial score (nSPS) is 12.2. The average molecular weight is 529 g/mol. The molecule has 0 aliphatic rings. The minimum Gasteiger partial charge on any atom is -0.490 e. The maximum atomic E-state index is 15.6. The summed E-state index contributed by atoms with van der Waals surface area (Å²) in [7, 11) is 3.76. The molecule has 4 rings (SSSR count). The van der Waals surface area contributed by atoms with Gasteiger partial charge in [-0.15, -0.1) is 0 Å². The number of anilines is 1. The van der Waals surface area contributed by atoms with Gasteiger partial charge in [0.25, 0.3) is 0 Å². The Kier molecular flexibility index (Phi) is 7.11. The van der Waals surface area contributed by atoms with Crippen LogP contribution >= 0.6 is 23.2 Å². The van der Waals surface area contributed by atoms with E-state index >= 15 is 4.39 Å². The Morgan fingerprint density at radius 1 is 1.19 bits per heavy atom. The molecule has 1 atom stereocenters. The summed E-state index contributed by atoms with van der Waals surface area (Å²) in [6.45, 7) is 9.70. The predicted octanol–water partition coefficient (Wildman–Crippen LogP) is 6.29. The largest absolute Gasteiger partial charge is 0.490 e. The molecule has 0 saturated carbocycles. The van der Waals surface area contributed by atoms with Gasteiger partial charge in [-0.3, -0.25) is 9.38 Å². The van der Waals surface area contributed by atoms with Gasteiger partial charge in [-0.05, 0) is 26.0 Å². The molecule has 3 aromatic heterocycles. The van der Waals surface area contributed by atoms with E-state index in [9.17, 15) is 0 Å². The van der Waals surface area contributed by atoms with E-state index in [1.165, 1.54) is 0 Å². The Bertz CT molecular complexity index is 1450. The van der Waals surface area contributed by atoms with Crippen LogP contribution < -0.4 is 10.5 Å². The third-order valence-corrected chi connectivity index (χ3v) is 6.40. The molecule has 0 bridgehead atoms. The van der Waals surface area contributed by atoms with E-state index in [0.29, 0.717) is 33.9 Å². The third kappa shape index (κ3) is 4.58. The fraction of sp³-hybridized carbons (Fsp3) is 0.269. The van der Waals surface area contributed by atoms with Crippen LogP contribution in [0.5, 0.6) is 5.75 Å². The molecule has 0 amide bonds. The maximum absolute atomic E-state index is 15.6. The van der Waals surface area contributed by atoms with Crippen LogP contribution in [-0.4, -0.2) is 44.5 Å². The van der Waals surface area contributed by atoms with E-state index in [2.05, 4.69) is 21.5 Å². The van der Waals surface area contributed by atoms with Gasteiger partial charge in [-0.1, -0.05) is 42.8 Å². The van der Waals surface area contributed by atoms with Crippen LogP contribution in [0, 0.1) is 5.82 Å². The molecule has 188 valence electrons. The lowest BCUT2D eigenvalue weighted by molar-refractivity contribution is 0.239. The number of benzene rings is 1. The molecule has 0 fully saturated rings. The number of ether oxygens (including phenoxy) is 1. The molecule has 0 spiro atoms. The van der Waals surface area contributed by atoms with E-state index in [0.717, 1.165) is 5.70 Å². The van der Waals surface area contributed by atoms with E-state index in [-0.39, 0.29) is 27.7 Å². The zero-order valence-electron chi connectivity index (χ0n) is 20.7. The summed E-state index contributed by atoms with van der Waals surface area (Å²) in [6.07, 6.45) is 4.65. The number of nitrogen functional groups attached to an aromatic ring is 1. The fourth-order valence-corrected chi connectivity index (χ4v) is 4.49. The lowest BCUT2D eigenvalue weighted by atomic mass is 9.93. The van der Waals surface area contributed by atoms with Crippen molar-refractivity contribution in [1.82, 2.24) is 24.3 Å². The van der Waals surface area contributed by atoms with Gasteiger partial charge < -0.3 is 15.4 Å². The van der Waals surface area contributed by atoms with Gasteiger partial charge in [0.1, 0.15) is 17.1 Å². The molecule has 0 aliphatic heterocycles. The van der Waals surface area contributed by atoms with E-state index in [1.807, 2.05) is 39.8 Å². The first-order valence-corrected chi connectivity index (χ1v) is 12.1. The van der Waals surface area contributed by atoms with Crippen LogP contribution in [0.15, 0.2) is 43.4 Å². The van der Waals surface area contributed by atoms with Crippen molar-refractivity contribution in [2.45, 2.75) is 32.8 Å². The van der Waals surface area contributed by atoms with Crippen LogP contribution in [0.3, 0.4) is 0 Å². The highest BCUT2D eigenvalue weighted by atomic mass is 35.5. The van der Waals surface area contributed by atoms with Crippen molar-refractivity contribution in [3.63, 3.8) is 0 Å². The smallest absolute Gasteiger partial charge is 0.158 e. The van der Waals surface area contributed by atoms with Gasteiger partial charge in [0.2, 0.25) is 0 Å². The van der Waals surface area contributed by atoms with Gasteiger partial charge in [-0.2, -0.15) is 0 Å². The fourth-order valence-electron chi connectivity index (χ4n) is 4.00. The van der Waals surface area contributed by atoms with Crippen molar-refractivity contribution in [3.05, 3.63) is 76.4 Å². The average Bonchev–Trinajstić information content (AvgIpc) is 3.18. The first-order chi connectivity index (χ1) is 17.0. The molecule has 1 aromatic carbocycles. The molecule has 36 heavy (non-hydrogen) atoms. The summed E-state index contributed by atoms with van der Waals surface area (Å²) in [5.74, 6) is 0.217. The van der Waals surface area contributed by atoms with Gasteiger partial charge >= 0.3 is 0 Å². The number of imidazole rings is 1. The monoisotopic (exact) mass is 528 g/mol. The minimum absolute atomic E-state index is 0.0436. The van der Waals surface area contributed by atoms with E-state index in [4.69, 9.17) is 33.7 Å². The number of pyridine rings is 1. The molecular formula is C26H27Cl2FN6O. The SMILES string of the molecule is C=C(c1ccc(-c2c(F)c(Cl)cc([C@H](C)c3nc(Cl)c4c(N)nccn34)c2OC(C)C)cn1)N(C)C. The molecule has 0 aliphatic carbocycles. The molecule has 0 saturated heterocycles. The molecule has 3 heterocycles. The van der Waals surface area contributed by atoms with Crippen molar-refractivity contribution < 1.29 is 9.13 Å². The third-order valence-electron chi connectivity index (χ3n) is 5.86. The second-order valence-corrected chi connectivity index (χ2v) is 9.68. The van der Waals surface area contributed by atoms with Crippen LogP contribution in [0.1, 0.15) is 43.8 Å². The van der Waals surface area contributed by atoms with Crippen molar-refractivity contribution in [2.24, 2.45) is 0 Å². The van der Waals surface area contributed by atoms with Gasteiger partial charge in [0.15, 0.2) is 16.8 Å². The molecule has 7 nitrogen and oxygen atoms in total. The molecular weight excluding hydrogens is 502 g/mol. The molecule has 4 aromatic rings. The number of hydrogen-bond acceptors (Lipinski definition) is 6. The number of halogens is 3. The topological polar surface area (TPSA) is 81.6 Å². The summed E-state index contributed by atoms with van der Waals surface area (Å²) < 4.78 is 23.6. The number of nitrogens with two attached hydrogens (primary N) is 1. The van der Waals surface area contributed by atoms with Crippen molar-refractivity contribution >= 4 is 40.2 Å². The minimum atomic E-state index is -0.594. The summed E-state index contributed by atoms with van der Waals surface area (Å²) in [4.78, 5) is 15.0. The lowest BCUT2D eigenvalue weighted by Gasteiger charge is -2.23. The highest BCUT2D eigenvalue weighted by Crippen LogP contribution is 2.44. The maximum Gasteiger partial charge on any atom is 0.158 e. The second kappa shape index (κ2) is 9.95. The highest BCUT2D eigenvalue weighted by Gasteiger charge is 2.28. The Labute approximate surface area is 219 Å². The first-order valence-electron chi connectivity index (χ1n) is 11.3. The van der Waals surface area contributed by atoms with Crippen LogP contribution in [0.2, 0.25) is 10.2 Å². The van der Waals surface area contributed by atoms with Crippen molar-refractivity contribution in [1.29, 1.82) is 0 Å². The Morgan fingerprint density at radius 2 is 1.92 bits per heavy atom. The van der Waals surface area contributed by atoms with E-state index < -0.39 is 11.7 Å². The zero-order valence-corrected chi connectivity index (χ0v) is 22.2. The number of hydrogen-bond donors (Lipinski definition) is 1. The lowest BCUT2D eigenvalue weighted by Crippen LogP contribution is -2.13. The van der Waals surface area contributed by atoms with Gasteiger partial charge in [0, 0.05) is 49.7 Å². The second-order valence-electron chi connectivity index (χ2n) is 8.92. The van der Waals surface area contributed by atoms with Gasteiger partial charge in [-0.25, -0.2) is 14.4 Å². The summed E-state index contributed by atoms with van der Waals surface area (Å²) in [5.41, 5.74) is 9.33. The molecule has 10 heteroatoms. The standard InChI is InChI=1S/C26H27Cl2FN6O/c1-13(2)36-23-17(14(3)26-33-24(28)22-25(30)31-9-10-35(22)26)11-18(27)21(29)20(23)16-7-8-19(32-12-16)15(4)34(5)6/h7-14H,4H2,1-3,5-6H3,(H2,30,31)/t14-/m0/s1. The quantitative estimate of drug-likeness (QED) is 0.303. The number of rotatable bonds is 7. The number of nitrogens with zero attached hydrogens (tertiary/aromatic N) is 5. The summed E-state index contributed by atoms with van der Waals surface area (Å²) >= 11 is 12.8. The van der Waals surface area contributed by atoms with Crippen molar-refractivity contribution in [3.8, 4) is 16.9 Å². The predicted molar refractivity (Wildman–Crippen MR) is 143 cm³/mol. The van der Waals surface area contributed by atoms with Gasteiger partial charge in [0.05, 0.1) is 28.1 Å². The Hall–Kier alpha value is -3.36. The number of aromatic nitrogens is 4. The Morgan fingerprint density at radius 3 is 2.53 bits per heavy atom. The zero-order chi connectivity index (χ0) is 26.3. The van der Waals surface area contributed by atoms with Crippen molar-refractivity contribution in [2.75, 3.05) is 19.8 Å². The summed E-state index contributed by atoms with van der Waals surface area (Å²) in [5, 5.41) is 0.181. The highest BCUT2D eigenvalue weighted by molar-refractivity contribution is 6.33. The van der Waals surface area contributed by atoms with Crippen LogP contribution in [-0.2, 0) is 0 Å². The molecule has 0 radical (unpaired) electrons. The van der Waals surface area contributed by atoms with Crippen LogP contribution in [0.4, 0.5) is 10.2 Å². The number of fused-ring (bicyclic) bond motifs is 1. The summed E-state index contributed by atoms with van der Waals surface area (Å²) in [6, 6.07) is 5.14. The van der Waals surface area contributed by atoms with E-state index in [1.54, 1.807) is 41.2 Å². The Balaban J connectivity index is 1.93. The first kappa shape index (κ1) is 25.7. The molecule has 2 N–H and O–H groups in total. The van der Waals surface area contributed by atoms with Crippen LogP contribution in [0.25, 0.3) is 22.3 Å².